The van der Waals surface area contributed by atoms with E-state index in [2.05, 4.69) is 9.97 Å². The number of hydrazone groups is 1. The van der Waals surface area contributed by atoms with Crippen LogP contribution >= 0.6 is 0 Å². The number of ether oxygens (including phenoxy) is 2. The molecule has 2 heterocycles. The largest absolute Gasteiger partial charge is 0.484 e. The molecule has 43 heavy (non-hydrogen) atoms. The quantitative estimate of drug-likeness (QED) is 0.186. The van der Waals surface area contributed by atoms with E-state index in [4.69, 9.17) is 14.6 Å². The molecule has 0 amide bonds. The van der Waals surface area contributed by atoms with Crippen molar-refractivity contribution in [3.05, 3.63) is 120 Å². The highest BCUT2D eigenvalue weighted by Gasteiger charge is 2.31. The number of anilines is 1. The van der Waals surface area contributed by atoms with Crippen LogP contribution in [0.4, 0.5) is 18.9 Å². The number of benzene rings is 4. The third-order valence-electron chi connectivity index (χ3n) is 7.13. The first kappa shape index (κ1) is 27.9. The molecule has 1 aliphatic heterocycles. The number of carbonyl (C=O) groups is 1. The minimum Gasteiger partial charge on any atom is -0.484 e. The average molecular weight is 583 g/mol. The molecule has 1 unspecified atom stereocenters. The third kappa shape index (κ3) is 6.18. The van der Waals surface area contributed by atoms with Crippen LogP contribution in [0.15, 0.2) is 108 Å². The molecule has 1 atom stereocenters. The molecular formula is C33H25F3N4O3. The summed E-state index contributed by atoms with van der Waals surface area (Å²) in [6, 6.07) is 27.3. The van der Waals surface area contributed by atoms with Gasteiger partial charge in [0.25, 0.3) is 0 Å². The normalized spacial score (nSPS) is 14.9. The predicted molar refractivity (Wildman–Crippen MR) is 157 cm³/mol. The number of esters is 1. The van der Waals surface area contributed by atoms with Crippen molar-refractivity contribution < 1.29 is 27.4 Å². The van der Waals surface area contributed by atoms with Gasteiger partial charge in [0.2, 0.25) is 0 Å². The lowest BCUT2D eigenvalue weighted by Gasteiger charge is -2.24. The molecule has 0 fully saturated rings. The van der Waals surface area contributed by atoms with Crippen molar-refractivity contribution in [3.8, 4) is 16.9 Å². The predicted octanol–water partition coefficient (Wildman–Crippen LogP) is 7.38. The Kier molecular flexibility index (Phi) is 7.50. The first-order chi connectivity index (χ1) is 20.8. The van der Waals surface area contributed by atoms with Crippen LogP contribution in [0.3, 0.4) is 0 Å². The second-order valence-corrected chi connectivity index (χ2v) is 9.96. The zero-order chi connectivity index (χ0) is 30.0. The number of hydrogen-bond acceptors (Lipinski definition) is 7. The van der Waals surface area contributed by atoms with E-state index >= 15 is 0 Å². The van der Waals surface area contributed by atoms with Gasteiger partial charge in [-0.25, -0.2) is 4.79 Å². The van der Waals surface area contributed by atoms with E-state index < -0.39 is 18.8 Å². The van der Waals surface area contributed by atoms with Gasteiger partial charge in [0.15, 0.2) is 6.61 Å². The summed E-state index contributed by atoms with van der Waals surface area (Å²) < 4.78 is 47.1. The third-order valence-corrected chi connectivity index (χ3v) is 7.13. The molecule has 6 rings (SSSR count). The molecule has 0 bridgehead atoms. The summed E-state index contributed by atoms with van der Waals surface area (Å²) in [7, 11) is 1.35. The van der Waals surface area contributed by atoms with Gasteiger partial charge in [0, 0.05) is 18.8 Å². The van der Waals surface area contributed by atoms with Crippen LogP contribution in [-0.2, 0) is 4.74 Å². The minimum atomic E-state index is -4.39. The van der Waals surface area contributed by atoms with E-state index in [0.29, 0.717) is 12.0 Å². The van der Waals surface area contributed by atoms with Crippen molar-refractivity contribution in [1.82, 2.24) is 9.97 Å². The van der Waals surface area contributed by atoms with Gasteiger partial charge in [-0.3, -0.25) is 15.0 Å². The molecule has 0 N–H and O–H groups in total. The number of hydrogen-bond donors (Lipinski definition) is 0. The number of methoxy groups -OCH3 is 1. The second kappa shape index (κ2) is 11.6. The molecule has 0 aliphatic carbocycles. The zero-order valence-corrected chi connectivity index (χ0v) is 23.0. The lowest BCUT2D eigenvalue weighted by molar-refractivity contribution is -0.153. The summed E-state index contributed by atoms with van der Waals surface area (Å²) in [5.41, 5.74) is 7.25. The lowest BCUT2D eigenvalue weighted by atomic mass is 9.96. The fraction of sp³-hybridized carbons (Fsp3) is 0.152. The van der Waals surface area contributed by atoms with E-state index in [1.165, 1.54) is 19.2 Å². The van der Waals surface area contributed by atoms with Crippen LogP contribution in [0.2, 0.25) is 0 Å². The smallest absolute Gasteiger partial charge is 0.422 e. The Morgan fingerprint density at radius 3 is 2.23 bits per heavy atom. The molecule has 0 saturated carbocycles. The number of nitrogens with zero attached hydrogens (tertiary/aromatic N) is 4. The summed E-state index contributed by atoms with van der Waals surface area (Å²) in [4.78, 5) is 21.1. The fourth-order valence-electron chi connectivity index (χ4n) is 5.03. The molecule has 7 nitrogen and oxygen atoms in total. The summed E-state index contributed by atoms with van der Waals surface area (Å²) in [6.45, 7) is -1.33. The number of rotatable bonds is 7. The van der Waals surface area contributed by atoms with Crippen LogP contribution in [0.25, 0.3) is 22.2 Å². The van der Waals surface area contributed by atoms with Crippen molar-refractivity contribution in [1.29, 1.82) is 0 Å². The Labute approximate surface area is 245 Å². The average Bonchev–Trinajstić information content (AvgIpc) is 3.49. The Morgan fingerprint density at radius 2 is 1.53 bits per heavy atom. The maximum atomic E-state index is 12.5. The topological polar surface area (TPSA) is 76.9 Å². The van der Waals surface area contributed by atoms with Crippen molar-refractivity contribution in [2.45, 2.75) is 18.6 Å². The van der Waals surface area contributed by atoms with Crippen LogP contribution in [0.5, 0.6) is 5.75 Å². The number of carbonyl (C=O) groups excluding carboxylic acids is 1. The molecule has 1 aromatic heterocycles. The highest BCUT2D eigenvalue weighted by Crippen LogP contribution is 2.38. The van der Waals surface area contributed by atoms with E-state index in [-0.39, 0.29) is 11.8 Å². The van der Waals surface area contributed by atoms with E-state index in [1.54, 1.807) is 42.7 Å². The van der Waals surface area contributed by atoms with E-state index in [0.717, 1.165) is 44.7 Å². The molecule has 0 saturated heterocycles. The summed E-state index contributed by atoms with van der Waals surface area (Å²) >= 11 is 0. The maximum absolute atomic E-state index is 12.5. The van der Waals surface area contributed by atoms with E-state index in [9.17, 15) is 18.0 Å². The number of aromatic nitrogens is 2. The SMILES string of the molecule is COC(=O)c1cccc(N2N=C(c3ccc(-c4ccc(OCC(F)(F)F)cc4)cc3)CC2c2ccc3nccnc3c2)c1. The van der Waals surface area contributed by atoms with Crippen molar-refractivity contribution in [2.24, 2.45) is 5.10 Å². The van der Waals surface area contributed by atoms with Gasteiger partial charge in [-0.1, -0.05) is 48.5 Å². The van der Waals surface area contributed by atoms with Crippen LogP contribution < -0.4 is 9.75 Å². The lowest BCUT2D eigenvalue weighted by Crippen LogP contribution is -2.19. The molecular weight excluding hydrogens is 557 g/mol. The Balaban J connectivity index is 1.29. The highest BCUT2D eigenvalue weighted by atomic mass is 19.4. The first-order valence-corrected chi connectivity index (χ1v) is 13.4. The number of alkyl halides is 3. The second-order valence-electron chi connectivity index (χ2n) is 9.96. The highest BCUT2D eigenvalue weighted by molar-refractivity contribution is 6.04. The van der Waals surface area contributed by atoms with Gasteiger partial charge in [-0.05, 0) is 64.7 Å². The molecule has 10 heteroatoms. The fourth-order valence-corrected chi connectivity index (χ4v) is 5.03. The Bertz CT molecular complexity index is 1810. The van der Waals surface area contributed by atoms with Crippen molar-refractivity contribution >= 4 is 28.4 Å². The molecule has 1 aliphatic rings. The monoisotopic (exact) mass is 582 g/mol. The maximum Gasteiger partial charge on any atom is 0.422 e. The van der Waals surface area contributed by atoms with Crippen molar-refractivity contribution in [2.75, 3.05) is 18.7 Å². The number of halogens is 3. The van der Waals surface area contributed by atoms with Gasteiger partial charge in [-0.2, -0.15) is 18.3 Å². The molecule has 216 valence electrons. The summed E-state index contributed by atoms with van der Waals surface area (Å²) in [6.07, 6.45) is -0.481. The Morgan fingerprint density at radius 1 is 0.860 bits per heavy atom. The van der Waals surface area contributed by atoms with Gasteiger partial charge >= 0.3 is 12.1 Å². The summed E-state index contributed by atoms with van der Waals surface area (Å²) in [5, 5.41) is 6.91. The minimum absolute atomic E-state index is 0.153. The van der Waals surface area contributed by atoms with Gasteiger partial charge in [-0.15, -0.1) is 0 Å². The van der Waals surface area contributed by atoms with E-state index in [1.807, 2.05) is 53.5 Å². The molecule has 0 radical (unpaired) electrons. The standard InChI is InChI=1S/C33H25F3N4O3/c1-42-32(41)25-3-2-4-26(17-25)40-31(24-11-14-28-30(18-24)38-16-15-37-28)19-29(39-40)23-7-5-21(6-8-23)22-9-12-27(13-10-22)43-20-33(34,35)36/h2-18,31H,19-20H2,1H3. The number of fused-ring (bicyclic) bond motifs is 1. The first-order valence-electron chi connectivity index (χ1n) is 13.4. The van der Waals surface area contributed by atoms with Gasteiger partial charge in [0.05, 0.1) is 41.1 Å². The molecule has 4 aromatic carbocycles. The zero-order valence-electron chi connectivity index (χ0n) is 23.0. The van der Waals surface area contributed by atoms with Crippen molar-refractivity contribution in [3.63, 3.8) is 0 Å². The van der Waals surface area contributed by atoms with Crippen LogP contribution in [0, 0.1) is 0 Å². The van der Waals surface area contributed by atoms with Crippen LogP contribution in [-0.4, -0.2) is 41.5 Å². The van der Waals surface area contributed by atoms with Crippen LogP contribution in [0.1, 0.15) is 33.9 Å². The molecule has 0 spiro atoms. The summed E-state index contributed by atoms with van der Waals surface area (Å²) in [5.74, 6) is -0.279. The van der Waals surface area contributed by atoms with Gasteiger partial charge < -0.3 is 9.47 Å². The van der Waals surface area contributed by atoms with Gasteiger partial charge in [0.1, 0.15) is 5.75 Å². The molecule has 5 aromatic rings. The Hall–Kier alpha value is -5.25.